The topological polar surface area (TPSA) is 26.3 Å². The summed E-state index contributed by atoms with van der Waals surface area (Å²) in [7, 11) is 0. The van der Waals surface area contributed by atoms with Crippen LogP contribution in [0, 0.1) is 19.8 Å². The maximum atomic E-state index is 12.1. The minimum absolute atomic E-state index is 0.156. The number of hydrogen-bond donors (Lipinski definition) is 0. The van der Waals surface area contributed by atoms with Gasteiger partial charge in [0.25, 0.3) is 0 Å². The van der Waals surface area contributed by atoms with Gasteiger partial charge in [-0.05, 0) is 43.7 Å². The first kappa shape index (κ1) is 13.1. The third kappa shape index (κ3) is 3.12. The molecule has 0 N–H and O–H groups in total. The number of aryl methyl sites for hydroxylation is 2. The molecule has 0 saturated heterocycles. The Morgan fingerprint density at radius 2 is 1.78 bits per heavy atom. The number of carbonyl (C=O) groups excluding carboxylic acids is 1. The molecular formula is C16H22O2. The summed E-state index contributed by atoms with van der Waals surface area (Å²) < 4.78 is 5.49. The molecular weight excluding hydrogens is 224 g/mol. The van der Waals surface area contributed by atoms with Crippen molar-refractivity contribution >= 4 is 5.97 Å². The molecule has 2 nitrogen and oxygen atoms in total. The Labute approximate surface area is 109 Å². The normalized spacial score (nSPS) is 16.6. The molecule has 18 heavy (non-hydrogen) atoms. The van der Waals surface area contributed by atoms with Crippen LogP contribution in [-0.4, -0.2) is 12.6 Å². The summed E-state index contributed by atoms with van der Waals surface area (Å²) >= 11 is 0. The van der Waals surface area contributed by atoms with Gasteiger partial charge in [0.15, 0.2) is 0 Å². The molecule has 0 atom stereocenters. The molecule has 1 aliphatic carbocycles. The maximum Gasteiger partial charge on any atom is 0.338 e. The van der Waals surface area contributed by atoms with E-state index in [4.69, 9.17) is 4.74 Å². The summed E-state index contributed by atoms with van der Waals surface area (Å²) in [5.41, 5.74) is 2.75. The van der Waals surface area contributed by atoms with Crippen LogP contribution < -0.4 is 0 Å². The van der Waals surface area contributed by atoms with E-state index in [1.807, 2.05) is 32.0 Å². The van der Waals surface area contributed by atoms with Crippen LogP contribution in [0.1, 0.15) is 53.6 Å². The van der Waals surface area contributed by atoms with Crippen molar-refractivity contribution in [3.05, 3.63) is 34.9 Å². The number of hydrogen-bond acceptors (Lipinski definition) is 2. The standard InChI is InChI=1S/C16H22O2/c1-12-7-6-8-13(2)15(12)16(17)18-11-14-9-4-3-5-10-14/h6-8,14H,3-5,9-11H2,1-2H3. The first-order valence-electron chi connectivity index (χ1n) is 6.92. The molecule has 0 aromatic heterocycles. The average Bonchev–Trinajstić information content (AvgIpc) is 2.37. The number of carbonyl (C=O) groups is 1. The highest BCUT2D eigenvalue weighted by atomic mass is 16.5. The summed E-state index contributed by atoms with van der Waals surface area (Å²) in [4.78, 5) is 12.1. The molecule has 1 saturated carbocycles. The van der Waals surface area contributed by atoms with Crippen molar-refractivity contribution in [3.63, 3.8) is 0 Å². The van der Waals surface area contributed by atoms with E-state index in [1.165, 1.54) is 32.1 Å². The van der Waals surface area contributed by atoms with Gasteiger partial charge in [0, 0.05) is 0 Å². The third-order valence-electron chi connectivity index (χ3n) is 3.86. The van der Waals surface area contributed by atoms with Gasteiger partial charge in [-0.2, -0.15) is 0 Å². The van der Waals surface area contributed by atoms with Gasteiger partial charge in [-0.1, -0.05) is 37.5 Å². The first-order chi connectivity index (χ1) is 8.68. The fraction of sp³-hybridized carbons (Fsp3) is 0.562. The van der Waals surface area contributed by atoms with Crippen LogP contribution in [-0.2, 0) is 4.74 Å². The van der Waals surface area contributed by atoms with E-state index < -0.39 is 0 Å². The largest absolute Gasteiger partial charge is 0.462 e. The molecule has 2 rings (SSSR count). The van der Waals surface area contributed by atoms with Crippen LogP contribution in [0.4, 0.5) is 0 Å². The van der Waals surface area contributed by atoms with Crippen LogP contribution in [0.5, 0.6) is 0 Å². The second kappa shape index (κ2) is 6.03. The molecule has 1 aromatic carbocycles. The Hall–Kier alpha value is -1.31. The molecule has 0 unspecified atom stereocenters. The third-order valence-corrected chi connectivity index (χ3v) is 3.86. The van der Waals surface area contributed by atoms with Crippen LogP contribution in [0.3, 0.4) is 0 Å². The molecule has 0 aliphatic heterocycles. The molecule has 0 heterocycles. The number of benzene rings is 1. The number of esters is 1. The van der Waals surface area contributed by atoms with Gasteiger partial charge < -0.3 is 4.74 Å². The van der Waals surface area contributed by atoms with Crippen molar-refractivity contribution in [1.82, 2.24) is 0 Å². The van der Waals surface area contributed by atoms with Crippen LogP contribution in [0.25, 0.3) is 0 Å². The van der Waals surface area contributed by atoms with Gasteiger partial charge in [0.05, 0.1) is 12.2 Å². The predicted molar refractivity (Wildman–Crippen MR) is 72.8 cm³/mol. The van der Waals surface area contributed by atoms with Crippen molar-refractivity contribution in [3.8, 4) is 0 Å². The van der Waals surface area contributed by atoms with Crippen molar-refractivity contribution < 1.29 is 9.53 Å². The molecule has 2 heteroatoms. The highest BCUT2D eigenvalue weighted by Crippen LogP contribution is 2.24. The maximum absolute atomic E-state index is 12.1. The number of rotatable bonds is 3. The highest BCUT2D eigenvalue weighted by molar-refractivity contribution is 5.92. The van der Waals surface area contributed by atoms with Gasteiger partial charge in [0.1, 0.15) is 0 Å². The Kier molecular flexibility index (Phi) is 4.40. The van der Waals surface area contributed by atoms with Crippen molar-refractivity contribution in [1.29, 1.82) is 0 Å². The van der Waals surface area contributed by atoms with E-state index in [9.17, 15) is 4.79 Å². The van der Waals surface area contributed by atoms with Crippen molar-refractivity contribution in [2.24, 2.45) is 5.92 Å². The fourth-order valence-corrected chi connectivity index (χ4v) is 2.76. The van der Waals surface area contributed by atoms with E-state index in [0.717, 1.165) is 16.7 Å². The second-order valence-corrected chi connectivity index (χ2v) is 5.37. The summed E-state index contributed by atoms with van der Waals surface area (Å²) in [6.07, 6.45) is 6.32. The summed E-state index contributed by atoms with van der Waals surface area (Å²) in [5.74, 6) is 0.420. The summed E-state index contributed by atoms with van der Waals surface area (Å²) in [6.45, 7) is 4.51. The van der Waals surface area contributed by atoms with Gasteiger partial charge in [0.2, 0.25) is 0 Å². The van der Waals surface area contributed by atoms with Crippen molar-refractivity contribution in [2.45, 2.75) is 46.0 Å². The molecule has 1 aliphatic rings. The number of ether oxygens (including phenoxy) is 1. The quantitative estimate of drug-likeness (QED) is 0.752. The smallest absolute Gasteiger partial charge is 0.338 e. The first-order valence-corrected chi connectivity index (χ1v) is 6.92. The Bertz CT molecular complexity index is 397. The van der Waals surface area contributed by atoms with Crippen molar-refractivity contribution in [2.75, 3.05) is 6.61 Å². The van der Waals surface area contributed by atoms with E-state index in [0.29, 0.717) is 12.5 Å². The van der Waals surface area contributed by atoms with Gasteiger partial charge in [-0.25, -0.2) is 4.79 Å². The van der Waals surface area contributed by atoms with Crippen LogP contribution >= 0.6 is 0 Å². The van der Waals surface area contributed by atoms with Gasteiger partial charge in [-0.15, -0.1) is 0 Å². The van der Waals surface area contributed by atoms with Gasteiger partial charge in [-0.3, -0.25) is 0 Å². The minimum Gasteiger partial charge on any atom is -0.462 e. The molecule has 0 amide bonds. The fourth-order valence-electron chi connectivity index (χ4n) is 2.76. The molecule has 0 radical (unpaired) electrons. The lowest BCUT2D eigenvalue weighted by Crippen LogP contribution is -2.18. The molecule has 0 spiro atoms. The molecule has 1 fully saturated rings. The molecule has 98 valence electrons. The average molecular weight is 246 g/mol. The zero-order chi connectivity index (χ0) is 13.0. The molecule has 1 aromatic rings. The van der Waals surface area contributed by atoms with E-state index in [-0.39, 0.29) is 5.97 Å². The highest BCUT2D eigenvalue weighted by Gasteiger charge is 2.18. The zero-order valence-electron chi connectivity index (χ0n) is 11.4. The monoisotopic (exact) mass is 246 g/mol. The van der Waals surface area contributed by atoms with E-state index in [2.05, 4.69) is 0 Å². The van der Waals surface area contributed by atoms with E-state index in [1.54, 1.807) is 0 Å². The lowest BCUT2D eigenvalue weighted by molar-refractivity contribution is 0.0408. The zero-order valence-corrected chi connectivity index (χ0v) is 11.4. The Morgan fingerprint density at radius 1 is 1.17 bits per heavy atom. The predicted octanol–water partition coefficient (Wildman–Crippen LogP) is 4.04. The molecule has 0 bridgehead atoms. The van der Waals surface area contributed by atoms with Crippen LogP contribution in [0.2, 0.25) is 0 Å². The van der Waals surface area contributed by atoms with Crippen LogP contribution in [0.15, 0.2) is 18.2 Å². The lowest BCUT2D eigenvalue weighted by atomic mass is 9.90. The summed E-state index contributed by atoms with van der Waals surface area (Å²) in [6, 6.07) is 5.90. The SMILES string of the molecule is Cc1cccc(C)c1C(=O)OCC1CCCCC1. The van der Waals surface area contributed by atoms with E-state index >= 15 is 0 Å². The Morgan fingerprint density at radius 3 is 2.39 bits per heavy atom. The Balaban J connectivity index is 1.95. The lowest BCUT2D eigenvalue weighted by Gasteiger charge is -2.21. The minimum atomic E-state index is -0.156. The van der Waals surface area contributed by atoms with Gasteiger partial charge >= 0.3 is 5.97 Å². The summed E-state index contributed by atoms with van der Waals surface area (Å²) in [5, 5.41) is 0. The second-order valence-electron chi connectivity index (χ2n) is 5.37.